The quantitative estimate of drug-likeness (QED) is 0.735. The zero-order chi connectivity index (χ0) is 15.0. The van der Waals surface area contributed by atoms with Gasteiger partial charge in [0.05, 0.1) is 17.3 Å². The highest BCUT2D eigenvalue weighted by molar-refractivity contribution is 7.98. The van der Waals surface area contributed by atoms with Crippen LogP contribution >= 0.6 is 11.8 Å². The zero-order valence-corrected chi connectivity index (χ0v) is 11.8. The van der Waals surface area contributed by atoms with Crippen molar-refractivity contribution in [2.75, 3.05) is 6.26 Å². The molecule has 0 bridgehead atoms. The van der Waals surface area contributed by atoms with E-state index in [2.05, 4.69) is 9.97 Å². The molecule has 0 aliphatic rings. The first-order valence-corrected chi connectivity index (χ1v) is 7.27. The summed E-state index contributed by atoms with van der Waals surface area (Å²) in [5.41, 5.74) is -0.570. The van der Waals surface area contributed by atoms with Gasteiger partial charge in [-0.2, -0.15) is 0 Å². The monoisotopic (exact) mass is 303 g/mol. The first-order chi connectivity index (χ1) is 10.1. The lowest BCUT2D eigenvalue weighted by Crippen LogP contribution is -2.30. The Kier molecular flexibility index (Phi) is 3.34. The minimum Gasteiger partial charge on any atom is -0.273 e. The van der Waals surface area contributed by atoms with E-state index < -0.39 is 17.1 Å². The van der Waals surface area contributed by atoms with Gasteiger partial charge in [-0.1, -0.05) is 6.07 Å². The fourth-order valence-electron chi connectivity index (χ4n) is 2.08. The smallest absolute Gasteiger partial charge is 0.273 e. The standard InChI is InChI=1S/C14H10FN3O2S/c1-21-10-4-2-3-9(6-10)18-12-11(5-8(15)7-16-12)13(19)17-14(18)20/h2-7H,1H3,(H,17,19,20). The molecule has 0 amide bonds. The van der Waals surface area contributed by atoms with Gasteiger partial charge in [0.1, 0.15) is 5.82 Å². The summed E-state index contributed by atoms with van der Waals surface area (Å²) in [4.78, 5) is 30.9. The number of nitrogens with one attached hydrogen (secondary N) is 1. The molecule has 0 aliphatic heterocycles. The molecule has 1 N–H and O–H groups in total. The molecule has 7 heteroatoms. The van der Waals surface area contributed by atoms with E-state index in [1.54, 1.807) is 18.2 Å². The minimum atomic E-state index is -0.653. The van der Waals surface area contributed by atoms with Crippen LogP contribution in [0.1, 0.15) is 0 Å². The number of aromatic amines is 1. The second-order valence-corrected chi connectivity index (χ2v) is 5.20. The van der Waals surface area contributed by atoms with E-state index in [-0.39, 0.29) is 11.0 Å². The summed E-state index contributed by atoms with van der Waals surface area (Å²) in [6, 6.07) is 8.29. The van der Waals surface area contributed by atoms with Gasteiger partial charge in [-0.15, -0.1) is 11.8 Å². The Hall–Kier alpha value is -2.41. The second-order valence-electron chi connectivity index (χ2n) is 4.32. The van der Waals surface area contributed by atoms with Crippen molar-refractivity contribution in [3.63, 3.8) is 0 Å². The van der Waals surface area contributed by atoms with Gasteiger partial charge in [-0.25, -0.2) is 18.7 Å². The number of fused-ring (bicyclic) bond motifs is 1. The summed E-state index contributed by atoms with van der Waals surface area (Å²) in [6.45, 7) is 0. The fraction of sp³-hybridized carbons (Fsp3) is 0.0714. The van der Waals surface area contributed by atoms with Crippen LogP contribution in [0.2, 0.25) is 0 Å². The van der Waals surface area contributed by atoms with Crippen LogP contribution in [0.4, 0.5) is 4.39 Å². The van der Waals surface area contributed by atoms with Crippen molar-refractivity contribution in [3.05, 3.63) is 63.2 Å². The van der Waals surface area contributed by atoms with Gasteiger partial charge in [0, 0.05) is 4.90 Å². The van der Waals surface area contributed by atoms with Crippen LogP contribution in [0.15, 0.2) is 51.0 Å². The van der Waals surface area contributed by atoms with Crippen LogP contribution in [0.3, 0.4) is 0 Å². The molecule has 0 radical (unpaired) electrons. The Morgan fingerprint density at radius 2 is 2.10 bits per heavy atom. The number of rotatable bonds is 2. The maximum Gasteiger partial charge on any atom is 0.334 e. The van der Waals surface area contributed by atoms with Crippen LogP contribution < -0.4 is 11.2 Å². The molecule has 106 valence electrons. The van der Waals surface area contributed by atoms with Crippen molar-refractivity contribution in [1.82, 2.24) is 14.5 Å². The normalized spacial score (nSPS) is 11.0. The highest BCUT2D eigenvalue weighted by Crippen LogP contribution is 2.19. The number of aromatic nitrogens is 3. The number of hydrogen-bond donors (Lipinski definition) is 1. The van der Waals surface area contributed by atoms with Crippen molar-refractivity contribution < 1.29 is 4.39 Å². The average molecular weight is 303 g/mol. The number of benzene rings is 1. The van der Waals surface area contributed by atoms with Gasteiger partial charge in [0.2, 0.25) is 0 Å². The molecule has 0 atom stereocenters. The topological polar surface area (TPSA) is 67.8 Å². The predicted octanol–water partition coefficient (Wildman–Crippen LogP) is 1.93. The van der Waals surface area contributed by atoms with Gasteiger partial charge in [0.25, 0.3) is 5.56 Å². The van der Waals surface area contributed by atoms with E-state index in [0.29, 0.717) is 5.69 Å². The van der Waals surface area contributed by atoms with Crippen molar-refractivity contribution in [3.8, 4) is 5.69 Å². The maximum absolute atomic E-state index is 13.3. The van der Waals surface area contributed by atoms with Crippen LogP contribution in [-0.4, -0.2) is 20.8 Å². The van der Waals surface area contributed by atoms with Gasteiger partial charge in [-0.05, 0) is 30.5 Å². The molecule has 2 aromatic heterocycles. The van der Waals surface area contributed by atoms with Crippen molar-refractivity contribution in [2.45, 2.75) is 4.90 Å². The molecule has 0 spiro atoms. The Balaban J connectivity index is 2.41. The number of pyridine rings is 1. The van der Waals surface area contributed by atoms with Gasteiger partial charge < -0.3 is 0 Å². The molecule has 2 heterocycles. The summed E-state index contributed by atoms with van der Waals surface area (Å²) >= 11 is 1.53. The highest BCUT2D eigenvalue weighted by atomic mass is 32.2. The van der Waals surface area contributed by atoms with Gasteiger partial charge in [0.15, 0.2) is 5.65 Å². The summed E-state index contributed by atoms with van der Waals surface area (Å²) in [7, 11) is 0. The molecule has 0 fully saturated rings. The molecular formula is C14H10FN3O2S. The summed E-state index contributed by atoms with van der Waals surface area (Å²) in [5, 5.41) is 0.0316. The number of hydrogen-bond acceptors (Lipinski definition) is 4. The van der Waals surface area contributed by atoms with Gasteiger partial charge >= 0.3 is 5.69 Å². The summed E-state index contributed by atoms with van der Waals surface area (Å²) < 4.78 is 14.5. The molecular weight excluding hydrogens is 293 g/mol. The molecule has 0 aliphatic carbocycles. The van der Waals surface area contributed by atoms with Crippen LogP contribution in [-0.2, 0) is 0 Å². The molecule has 0 saturated carbocycles. The van der Waals surface area contributed by atoms with Crippen LogP contribution in [0.5, 0.6) is 0 Å². The lowest BCUT2D eigenvalue weighted by molar-refractivity contribution is 0.623. The van der Waals surface area contributed by atoms with E-state index >= 15 is 0 Å². The van der Waals surface area contributed by atoms with E-state index in [4.69, 9.17) is 0 Å². The third-order valence-corrected chi connectivity index (χ3v) is 3.75. The largest absolute Gasteiger partial charge is 0.334 e. The first-order valence-electron chi connectivity index (χ1n) is 6.05. The Morgan fingerprint density at radius 1 is 1.29 bits per heavy atom. The molecule has 0 saturated heterocycles. The van der Waals surface area contributed by atoms with Crippen molar-refractivity contribution in [1.29, 1.82) is 0 Å². The average Bonchev–Trinajstić information content (AvgIpc) is 2.48. The first kappa shape index (κ1) is 13.6. The predicted molar refractivity (Wildman–Crippen MR) is 79.7 cm³/mol. The SMILES string of the molecule is CSc1cccc(-n2c(=O)[nH]c(=O)c3cc(F)cnc32)c1. The Morgan fingerprint density at radius 3 is 2.86 bits per heavy atom. The maximum atomic E-state index is 13.3. The number of thioether (sulfide) groups is 1. The Bertz CT molecular complexity index is 949. The third kappa shape index (κ3) is 2.36. The number of H-pyrrole nitrogens is 1. The Labute approximate surface area is 122 Å². The van der Waals surface area contributed by atoms with Gasteiger partial charge in [-0.3, -0.25) is 9.78 Å². The van der Waals surface area contributed by atoms with E-state index in [9.17, 15) is 14.0 Å². The lowest BCUT2D eigenvalue weighted by atomic mass is 10.3. The van der Waals surface area contributed by atoms with E-state index in [1.807, 2.05) is 12.3 Å². The molecule has 3 rings (SSSR count). The fourth-order valence-corrected chi connectivity index (χ4v) is 2.54. The minimum absolute atomic E-state index is 0.0316. The van der Waals surface area contributed by atoms with Crippen LogP contribution in [0, 0.1) is 5.82 Å². The van der Waals surface area contributed by atoms with Crippen molar-refractivity contribution >= 4 is 22.8 Å². The van der Waals surface area contributed by atoms with E-state index in [1.165, 1.54) is 16.3 Å². The molecule has 0 unspecified atom stereocenters. The highest BCUT2D eigenvalue weighted by Gasteiger charge is 2.11. The zero-order valence-electron chi connectivity index (χ0n) is 11.0. The lowest BCUT2D eigenvalue weighted by Gasteiger charge is -2.09. The third-order valence-electron chi connectivity index (χ3n) is 3.02. The van der Waals surface area contributed by atoms with Crippen molar-refractivity contribution in [2.24, 2.45) is 0 Å². The number of nitrogens with zero attached hydrogens (tertiary/aromatic N) is 2. The molecule has 21 heavy (non-hydrogen) atoms. The molecule has 5 nitrogen and oxygen atoms in total. The second kappa shape index (κ2) is 5.17. The molecule has 3 aromatic rings. The van der Waals surface area contributed by atoms with Crippen LogP contribution in [0.25, 0.3) is 16.7 Å². The summed E-state index contributed by atoms with van der Waals surface area (Å²) in [6.07, 6.45) is 2.90. The van der Waals surface area contributed by atoms with E-state index in [0.717, 1.165) is 17.2 Å². The number of halogens is 1. The molecule has 1 aromatic carbocycles. The summed E-state index contributed by atoms with van der Waals surface area (Å²) in [5.74, 6) is -0.629.